The molecule has 0 aromatic carbocycles. The summed E-state index contributed by atoms with van der Waals surface area (Å²) in [6.07, 6.45) is 2.80. The van der Waals surface area contributed by atoms with Crippen LogP contribution >= 0.6 is 0 Å². The smallest absolute Gasteiger partial charge is 0.216 e. The molecule has 1 aromatic heterocycles. The molecular weight excluding hydrogens is 153 g/mol. The van der Waals surface area contributed by atoms with Gasteiger partial charge in [-0.2, -0.15) is 4.39 Å². The summed E-state index contributed by atoms with van der Waals surface area (Å²) in [7, 11) is 0. The Morgan fingerprint density at radius 3 is 2.75 bits per heavy atom. The fourth-order valence-electron chi connectivity index (χ4n) is 1.27. The van der Waals surface area contributed by atoms with E-state index in [1.54, 1.807) is 6.07 Å². The second-order valence-electron chi connectivity index (χ2n) is 3.21. The van der Waals surface area contributed by atoms with Gasteiger partial charge in [-0.15, -0.1) is 0 Å². The van der Waals surface area contributed by atoms with Gasteiger partial charge in [0.05, 0.1) is 0 Å². The predicted octanol–water partition coefficient (Wildman–Crippen LogP) is 2.47. The molecule has 1 nitrogen and oxygen atoms in total. The van der Waals surface area contributed by atoms with Gasteiger partial charge in [0.1, 0.15) is 0 Å². The molecule has 12 heavy (non-hydrogen) atoms. The molecule has 0 unspecified atom stereocenters. The number of pyridine rings is 1. The van der Waals surface area contributed by atoms with E-state index in [2.05, 4.69) is 11.9 Å². The lowest BCUT2D eigenvalue weighted by Crippen LogP contribution is -1.95. The maximum atomic E-state index is 13.1. The van der Waals surface area contributed by atoms with E-state index in [0.717, 1.165) is 18.5 Å². The maximum absolute atomic E-state index is 13.1. The summed E-state index contributed by atoms with van der Waals surface area (Å²) in [5.41, 5.74) is 1.52. The zero-order valence-electron chi connectivity index (χ0n) is 6.89. The van der Waals surface area contributed by atoms with E-state index < -0.39 is 0 Å². The quantitative estimate of drug-likeness (QED) is 0.612. The molecule has 1 aromatic rings. The van der Waals surface area contributed by atoms with Crippen LogP contribution in [0.3, 0.4) is 0 Å². The van der Waals surface area contributed by atoms with Crippen LogP contribution in [0.1, 0.15) is 30.0 Å². The van der Waals surface area contributed by atoms with Crippen molar-refractivity contribution in [3.8, 4) is 0 Å². The van der Waals surface area contributed by atoms with Crippen LogP contribution in [0.5, 0.6) is 0 Å². The van der Waals surface area contributed by atoms with Gasteiger partial charge in [0.15, 0.2) is 0 Å². The monoisotopic (exact) mass is 164 g/mol. The third kappa shape index (κ3) is 1.33. The first-order valence-electron chi connectivity index (χ1n) is 4.26. The van der Waals surface area contributed by atoms with Crippen molar-refractivity contribution >= 4 is 0 Å². The zero-order valence-corrected chi connectivity index (χ0v) is 6.89. The Morgan fingerprint density at radius 2 is 2.25 bits per heavy atom. The normalized spacial score (nSPS) is 16.5. The Kier molecular flexibility index (Phi) is 1.83. The first-order valence-corrected chi connectivity index (χ1v) is 4.26. The molecule has 0 aliphatic heterocycles. The highest BCUT2D eigenvalue weighted by molar-refractivity contribution is 5.21. The molecule has 1 saturated carbocycles. The molecule has 0 saturated heterocycles. The molecule has 1 aliphatic rings. The van der Waals surface area contributed by atoms with Crippen molar-refractivity contribution in [2.75, 3.05) is 0 Å². The second kappa shape index (κ2) is 2.85. The van der Waals surface area contributed by atoms with E-state index in [0.29, 0.717) is 17.9 Å². The van der Waals surface area contributed by atoms with Crippen LogP contribution in [0, 0.1) is 12.9 Å². The molecule has 1 aliphatic carbocycles. The third-order valence-electron chi connectivity index (χ3n) is 2.21. The third-order valence-corrected chi connectivity index (χ3v) is 2.21. The van der Waals surface area contributed by atoms with Gasteiger partial charge in [-0.25, -0.2) is 4.98 Å². The molecule has 2 rings (SSSR count). The van der Waals surface area contributed by atoms with Gasteiger partial charge in [-0.05, 0) is 32.3 Å². The summed E-state index contributed by atoms with van der Waals surface area (Å²) in [6.45, 7) is 3.63. The molecular formula is C10H11FN. The fourth-order valence-corrected chi connectivity index (χ4v) is 1.27. The molecule has 1 heterocycles. The van der Waals surface area contributed by atoms with Gasteiger partial charge in [-0.1, -0.05) is 6.07 Å². The van der Waals surface area contributed by atoms with Gasteiger partial charge >= 0.3 is 0 Å². The van der Waals surface area contributed by atoms with Crippen molar-refractivity contribution in [1.29, 1.82) is 0 Å². The number of rotatable bonds is 2. The maximum Gasteiger partial charge on any atom is 0.216 e. The van der Waals surface area contributed by atoms with Gasteiger partial charge < -0.3 is 0 Å². The predicted molar refractivity (Wildman–Crippen MR) is 45.2 cm³/mol. The van der Waals surface area contributed by atoms with Crippen LogP contribution in [0.25, 0.3) is 0 Å². The van der Waals surface area contributed by atoms with Gasteiger partial charge in [0, 0.05) is 17.2 Å². The molecule has 2 heteroatoms. The van der Waals surface area contributed by atoms with Crippen LogP contribution < -0.4 is 0 Å². The summed E-state index contributed by atoms with van der Waals surface area (Å²) >= 11 is 0. The number of hydrogen-bond donors (Lipinski definition) is 0. The molecule has 0 bridgehead atoms. The van der Waals surface area contributed by atoms with E-state index in [1.165, 1.54) is 0 Å². The minimum absolute atomic E-state index is 0.339. The lowest BCUT2D eigenvalue weighted by Gasteiger charge is -2.00. The molecule has 0 atom stereocenters. The largest absolute Gasteiger partial charge is 0.224 e. The zero-order chi connectivity index (χ0) is 8.55. The summed E-state index contributed by atoms with van der Waals surface area (Å²) in [6, 6.07) is 3.71. The summed E-state index contributed by atoms with van der Waals surface area (Å²) in [5, 5.41) is 0. The minimum atomic E-state index is -0.339. The highest BCUT2D eigenvalue weighted by Crippen LogP contribution is 2.38. The molecule has 1 radical (unpaired) electrons. The van der Waals surface area contributed by atoms with Crippen molar-refractivity contribution in [2.45, 2.75) is 25.2 Å². The summed E-state index contributed by atoms with van der Waals surface area (Å²) in [4.78, 5) is 3.90. The van der Waals surface area contributed by atoms with Gasteiger partial charge in [-0.3, -0.25) is 0 Å². The average molecular weight is 164 g/mol. The lowest BCUT2D eigenvalue weighted by atomic mass is 10.2. The fraction of sp³-hybridized carbons (Fsp3) is 0.400. The van der Waals surface area contributed by atoms with Crippen LogP contribution in [-0.2, 0) is 6.42 Å². The number of halogens is 1. The van der Waals surface area contributed by atoms with Crippen LogP contribution in [0.2, 0.25) is 0 Å². The van der Waals surface area contributed by atoms with Crippen molar-refractivity contribution in [3.05, 3.63) is 36.3 Å². The number of hydrogen-bond acceptors (Lipinski definition) is 1. The van der Waals surface area contributed by atoms with E-state index in [1.807, 2.05) is 6.07 Å². The van der Waals surface area contributed by atoms with E-state index in [4.69, 9.17) is 0 Å². The highest BCUT2D eigenvalue weighted by atomic mass is 19.1. The van der Waals surface area contributed by atoms with E-state index >= 15 is 0 Å². The van der Waals surface area contributed by atoms with Crippen molar-refractivity contribution in [1.82, 2.24) is 4.98 Å². The number of nitrogens with zero attached hydrogens (tertiary/aromatic N) is 1. The van der Waals surface area contributed by atoms with Crippen molar-refractivity contribution < 1.29 is 4.39 Å². The minimum Gasteiger partial charge on any atom is -0.224 e. The van der Waals surface area contributed by atoms with Crippen LogP contribution in [0.4, 0.5) is 4.39 Å². The number of aromatic nitrogens is 1. The Morgan fingerprint density at radius 1 is 1.50 bits per heavy atom. The Labute approximate surface area is 71.6 Å². The SMILES string of the molecule is [CH2]Cc1ccc(C2CC2)nc1F. The Hall–Kier alpha value is -0.920. The first-order chi connectivity index (χ1) is 5.81. The standard InChI is InChI=1S/C10H11FN/c1-2-7-5-6-9(8-3-4-8)12-10(7)11/h5-6,8H,1-4H2. The van der Waals surface area contributed by atoms with E-state index in [-0.39, 0.29) is 5.95 Å². The van der Waals surface area contributed by atoms with E-state index in [9.17, 15) is 4.39 Å². The first kappa shape index (κ1) is 7.71. The Balaban J connectivity index is 2.30. The molecule has 0 spiro atoms. The summed E-state index contributed by atoms with van der Waals surface area (Å²) < 4.78 is 13.1. The average Bonchev–Trinajstić information content (AvgIpc) is 2.86. The van der Waals surface area contributed by atoms with Crippen molar-refractivity contribution in [3.63, 3.8) is 0 Å². The van der Waals surface area contributed by atoms with Crippen molar-refractivity contribution in [2.24, 2.45) is 0 Å². The summed E-state index contributed by atoms with van der Waals surface area (Å²) in [5.74, 6) is 0.188. The van der Waals surface area contributed by atoms with Crippen LogP contribution in [0.15, 0.2) is 12.1 Å². The molecule has 63 valence electrons. The lowest BCUT2D eigenvalue weighted by molar-refractivity contribution is 0.564. The molecule has 1 fully saturated rings. The molecule has 0 N–H and O–H groups in total. The Bertz CT molecular complexity index is 292. The molecule has 0 amide bonds. The highest BCUT2D eigenvalue weighted by Gasteiger charge is 2.25. The second-order valence-corrected chi connectivity index (χ2v) is 3.21. The van der Waals surface area contributed by atoms with Gasteiger partial charge in [0.25, 0.3) is 0 Å². The van der Waals surface area contributed by atoms with Crippen LogP contribution in [-0.4, -0.2) is 4.98 Å². The van der Waals surface area contributed by atoms with Gasteiger partial charge in [0.2, 0.25) is 5.95 Å². The topological polar surface area (TPSA) is 12.9 Å².